The van der Waals surface area contributed by atoms with Gasteiger partial charge >= 0.3 is 0 Å². The molecule has 1 saturated heterocycles. The van der Waals surface area contributed by atoms with Crippen LogP contribution >= 0.6 is 11.6 Å². The Bertz CT molecular complexity index is 337. The summed E-state index contributed by atoms with van der Waals surface area (Å²) in [5, 5.41) is 4.26. The Balaban J connectivity index is 1.96. The van der Waals surface area contributed by atoms with Gasteiger partial charge in [0.15, 0.2) is 0 Å². The number of pyridine rings is 1. The van der Waals surface area contributed by atoms with E-state index in [0.29, 0.717) is 6.04 Å². The maximum atomic E-state index is 6.11. The van der Waals surface area contributed by atoms with E-state index in [1.54, 1.807) is 12.4 Å². The first-order valence-electron chi connectivity index (χ1n) is 5.81. The molecule has 1 aliphatic heterocycles. The molecule has 1 N–H and O–H groups in total. The number of hydrogen-bond acceptors (Lipinski definition) is 3. The number of likely N-dealkylation sites (N-methyl/N-ethyl adjacent to an activating group) is 1. The predicted molar refractivity (Wildman–Crippen MR) is 68.2 cm³/mol. The van der Waals surface area contributed by atoms with Gasteiger partial charge in [-0.15, -0.1) is 0 Å². The highest BCUT2D eigenvalue weighted by Crippen LogP contribution is 2.23. The number of anilines is 1. The van der Waals surface area contributed by atoms with Crippen LogP contribution in [0, 0.1) is 0 Å². The molecule has 1 aliphatic rings. The highest BCUT2D eigenvalue weighted by atomic mass is 35.5. The molecule has 0 amide bonds. The van der Waals surface area contributed by atoms with Crippen LogP contribution < -0.4 is 10.2 Å². The minimum Gasteiger partial charge on any atom is -0.372 e. The lowest BCUT2D eigenvalue weighted by Crippen LogP contribution is -2.42. The van der Waals surface area contributed by atoms with E-state index in [2.05, 4.69) is 22.2 Å². The molecule has 0 radical (unpaired) electrons. The molecule has 1 atom stereocenters. The molecular formula is C12H18ClN3. The molecule has 4 heteroatoms. The van der Waals surface area contributed by atoms with Gasteiger partial charge in [0.05, 0.1) is 10.7 Å². The quantitative estimate of drug-likeness (QED) is 0.878. The molecule has 2 rings (SSSR count). The number of aromatic nitrogens is 1. The highest BCUT2D eigenvalue weighted by molar-refractivity contribution is 6.33. The van der Waals surface area contributed by atoms with Crippen LogP contribution in [0.15, 0.2) is 18.5 Å². The van der Waals surface area contributed by atoms with Crippen LogP contribution in [0.3, 0.4) is 0 Å². The average Bonchev–Trinajstić information content (AvgIpc) is 2.31. The van der Waals surface area contributed by atoms with Crippen LogP contribution in [-0.4, -0.2) is 31.2 Å². The second-order valence-corrected chi connectivity index (χ2v) is 4.76. The van der Waals surface area contributed by atoms with E-state index < -0.39 is 0 Å². The summed E-state index contributed by atoms with van der Waals surface area (Å²) in [6, 6.07) is 2.55. The van der Waals surface area contributed by atoms with Gasteiger partial charge in [0, 0.05) is 32.0 Å². The summed E-state index contributed by atoms with van der Waals surface area (Å²) >= 11 is 6.11. The van der Waals surface area contributed by atoms with Crippen LogP contribution in [0.5, 0.6) is 0 Å². The highest BCUT2D eigenvalue weighted by Gasteiger charge is 2.15. The Hall–Kier alpha value is -0.800. The van der Waals surface area contributed by atoms with E-state index in [0.717, 1.165) is 23.8 Å². The van der Waals surface area contributed by atoms with Gasteiger partial charge in [0.2, 0.25) is 0 Å². The average molecular weight is 240 g/mol. The zero-order valence-corrected chi connectivity index (χ0v) is 10.4. The first-order valence-corrected chi connectivity index (χ1v) is 6.19. The topological polar surface area (TPSA) is 28.2 Å². The molecule has 0 aliphatic carbocycles. The molecule has 16 heavy (non-hydrogen) atoms. The van der Waals surface area contributed by atoms with E-state index >= 15 is 0 Å². The van der Waals surface area contributed by atoms with Gasteiger partial charge in [-0.25, -0.2) is 0 Å². The summed E-state index contributed by atoms with van der Waals surface area (Å²) in [6.45, 7) is 2.15. The largest absolute Gasteiger partial charge is 0.372 e. The maximum absolute atomic E-state index is 6.11. The number of piperidine rings is 1. The van der Waals surface area contributed by atoms with Crippen LogP contribution in [0.1, 0.15) is 19.3 Å². The van der Waals surface area contributed by atoms with E-state index in [9.17, 15) is 0 Å². The van der Waals surface area contributed by atoms with Crippen molar-refractivity contribution in [2.24, 2.45) is 0 Å². The number of rotatable bonds is 3. The molecule has 3 nitrogen and oxygen atoms in total. The number of nitrogens with zero attached hydrogens (tertiary/aromatic N) is 2. The molecule has 88 valence electrons. The zero-order valence-electron chi connectivity index (χ0n) is 9.62. The molecular weight excluding hydrogens is 222 g/mol. The van der Waals surface area contributed by atoms with Crippen LogP contribution in [-0.2, 0) is 0 Å². The fraction of sp³-hybridized carbons (Fsp3) is 0.583. The molecule has 0 saturated carbocycles. The molecule has 1 fully saturated rings. The van der Waals surface area contributed by atoms with Crippen LogP contribution in [0.25, 0.3) is 0 Å². The predicted octanol–water partition coefficient (Wildman–Crippen LogP) is 2.31. The summed E-state index contributed by atoms with van der Waals surface area (Å²) in [5.41, 5.74) is 1.06. The smallest absolute Gasteiger partial charge is 0.0822 e. The third kappa shape index (κ3) is 2.86. The molecule has 0 spiro atoms. The van der Waals surface area contributed by atoms with Crippen molar-refractivity contribution < 1.29 is 0 Å². The van der Waals surface area contributed by atoms with Crippen molar-refractivity contribution in [2.75, 3.05) is 25.0 Å². The number of hydrogen-bond donors (Lipinski definition) is 1. The number of nitrogens with one attached hydrogen (secondary N) is 1. The van der Waals surface area contributed by atoms with Gasteiger partial charge in [-0.2, -0.15) is 0 Å². The normalized spacial score (nSPS) is 20.8. The Labute approximate surface area is 102 Å². The third-order valence-corrected chi connectivity index (χ3v) is 3.36. The fourth-order valence-electron chi connectivity index (χ4n) is 2.19. The Kier molecular flexibility index (Phi) is 4.02. The maximum Gasteiger partial charge on any atom is 0.0822 e. The Morgan fingerprint density at radius 1 is 1.56 bits per heavy atom. The van der Waals surface area contributed by atoms with Gasteiger partial charge in [0.1, 0.15) is 0 Å². The van der Waals surface area contributed by atoms with Crippen molar-refractivity contribution in [3.63, 3.8) is 0 Å². The van der Waals surface area contributed by atoms with Gasteiger partial charge in [0.25, 0.3) is 0 Å². The van der Waals surface area contributed by atoms with Gasteiger partial charge in [-0.3, -0.25) is 4.98 Å². The summed E-state index contributed by atoms with van der Waals surface area (Å²) < 4.78 is 0. The number of halogens is 1. The van der Waals surface area contributed by atoms with Crippen molar-refractivity contribution >= 4 is 17.3 Å². The molecule has 0 bridgehead atoms. The second-order valence-electron chi connectivity index (χ2n) is 4.35. The van der Waals surface area contributed by atoms with Gasteiger partial charge < -0.3 is 10.2 Å². The Morgan fingerprint density at radius 3 is 3.12 bits per heavy atom. The summed E-state index contributed by atoms with van der Waals surface area (Å²) in [4.78, 5) is 6.20. The monoisotopic (exact) mass is 239 g/mol. The standard InChI is InChI=1S/C12H18ClN3/c1-16(9-10-4-2-3-6-15-10)12-5-7-14-8-11(12)13/h5,7-8,10,15H,2-4,6,9H2,1H3. The minimum absolute atomic E-state index is 0.586. The van der Waals surface area contributed by atoms with Crippen molar-refractivity contribution in [2.45, 2.75) is 25.3 Å². The van der Waals surface area contributed by atoms with E-state index in [-0.39, 0.29) is 0 Å². The van der Waals surface area contributed by atoms with E-state index in [4.69, 9.17) is 11.6 Å². The molecule has 1 aromatic heterocycles. The van der Waals surface area contributed by atoms with Crippen molar-refractivity contribution in [3.8, 4) is 0 Å². The van der Waals surface area contributed by atoms with Crippen LogP contribution in [0.4, 0.5) is 5.69 Å². The minimum atomic E-state index is 0.586. The summed E-state index contributed by atoms with van der Waals surface area (Å²) in [6.07, 6.45) is 7.37. The van der Waals surface area contributed by atoms with E-state index in [1.807, 2.05) is 6.07 Å². The van der Waals surface area contributed by atoms with Gasteiger partial charge in [-0.05, 0) is 25.5 Å². The second kappa shape index (κ2) is 5.51. The summed E-state index contributed by atoms with van der Waals surface area (Å²) in [5.74, 6) is 0. The van der Waals surface area contributed by atoms with Crippen molar-refractivity contribution in [3.05, 3.63) is 23.5 Å². The lowest BCUT2D eigenvalue weighted by atomic mass is 10.0. The molecule has 1 unspecified atom stereocenters. The van der Waals surface area contributed by atoms with E-state index in [1.165, 1.54) is 19.3 Å². The first kappa shape index (κ1) is 11.7. The third-order valence-electron chi connectivity index (χ3n) is 3.07. The lowest BCUT2D eigenvalue weighted by Gasteiger charge is -2.29. The van der Waals surface area contributed by atoms with Gasteiger partial charge in [-0.1, -0.05) is 18.0 Å². The Morgan fingerprint density at radius 2 is 2.44 bits per heavy atom. The lowest BCUT2D eigenvalue weighted by molar-refractivity contribution is 0.403. The SMILES string of the molecule is CN(CC1CCCCN1)c1ccncc1Cl. The van der Waals surface area contributed by atoms with Crippen molar-refractivity contribution in [1.82, 2.24) is 10.3 Å². The fourth-order valence-corrected chi connectivity index (χ4v) is 2.45. The first-order chi connectivity index (χ1) is 7.77. The molecule has 1 aromatic rings. The molecule has 0 aromatic carbocycles. The molecule has 2 heterocycles. The van der Waals surface area contributed by atoms with Crippen LogP contribution in [0.2, 0.25) is 5.02 Å². The zero-order chi connectivity index (χ0) is 11.4. The van der Waals surface area contributed by atoms with Crippen molar-refractivity contribution in [1.29, 1.82) is 0 Å². The summed E-state index contributed by atoms with van der Waals surface area (Å²) in [7, 11) is 2.08.